The summed E-state index contributed by atoms with van der Waals surface area (Å²) in [6, 6.07) is 11.2. The van der Waals surface area contributed by atoms with Crippen LogP contribution >= 0.6 is 0 Å². The van der Waals surface area contributed by atoms with E-state index in [4.69, 9.17) is 4.74 Å². The molecule has 2 N–H and O–H groups in total. The van der Waals surface area contributed by atoms with Gasteiger partial charge in [0.25, 0.3) is 0 Å². The Labute approximate surface area is 224 Å². The Morgan fingerprint density at radius 3 is 2.69 bits per heavy atom. The van der Waals surface area contributed by atoms with Crippen LogP contribution in [0.2, 0.25) is 0 Å². The molecule has 39 heavy (non-hydrogen) atoms. The van der Waals surface area contributed by atoms with E-state index in [1.54, 1.807) is 37.3 Å². The number of nitrogens with zero attached hydrogens (tertiary/aromatic N) is 2. The van der Waals surface area contributed by atoms with Gasteiger partial charge in [-0.1, -0.05) is 6.07 Å². The van der Waals surface area contributed by atoms with Crippen molar-refractivity contribution in [2.24, 2.45) is 5.92 Å². The normalized spacial score (nSPS) is 16.8. The van der Waals surface area contributed by atoms with E-state index >= 15 is 0 Å². The summed E-state index contributed by atoms with van der Waals surface area (Å²) in [4.78, 5) is 30.9. The molecule has 3 aromatic rings. The number of amides is 2. The molecule has 2 aromatic carbocycles. The zero-order valence-corrected chi connectivity index (χ0v) is 21.7. The second kappa shape index (κ2) is 10.7. The highest BCUT2D eigenvalue weighted by Crippen LogP contribution is 2.36. The number of halogens is 3. The predicted molar refractivity (Wildman–Crippen MR) is 141 cm³/mol. The average Bonchev–Trinajstić information content (AvgIpc) is 2.87. The number of nitrogens with one attached hydrogen (secondary N) is 2. The van der Waals surface area contributed by atoms with Crippen molar-refractivity contribution >= 4 is 23.3 Å². The first-order valence-electron chi connectivity index (χ1n) is 12.8. The summed E-state index contributed by atoms with van der Waals surface area (Å²) in [7, 11) is 3.55. The van der Waals surface area contributed by atoms with E-state index in [2.05, 4.69) is 15.6 Å². The highest BCUT2D eigenvalue weighted by atomic mass is 19.4. The lowest BCUT2D eigenvalue weighted by atomic mass is 9.83. The number of hydrogen-bond donors (Lipinski definition) is 2. The van der Waals surface area contributed by atoms with E-state index < -0.39 is 11.7 Å². The Hall–Kier alpha value is -3.92. The second-order valence-corrected chi connectivity index (χ2v) is 10.3. The van der Waals surface area contributed by atoms with Crippen LogP contribution in [-0.4, -0.2) is 35.8 Å². The van der Waals surface area contributed by atoms with Crippen molar-refractivity contribution in [3.05, 3.63) is 76.5 Å². The molecule has 7 nitrogen and oxygen atoms in total. The number of carbonyl (C=O) groups is 2. The topological polar surface area (TPSA) is 83.6 Å². The molecule has 0 radical (unpaired) electrons. The first-order valence-corrected chi connectivity index (χ1v) is 12.8. The van der Waals surface area contributed by atoms with E-state index in [1.807, 2.05) is 18.2 Å². The molecule has 2 aliphatic rings. The number of alkyl halides is 3. The third-order valence-electron chi connectivity index (χ3n) is 6.96. The Bertz CT molecular complexity index is 1420. The zero-order valence-electron chi connectivity index (χ0n) is 21.7. The lowest BCUT2D eigenvalue weighted by Crippen LogP contribution is -2.28. The van der Waals surface area contributed by atoms with E-state index in [0.29, 0.717) is 61.5 Å². The summed E-state index contributed by atoms with van der Waals surface area (Å²) < 4.78 is 46.6. The van der Waals surface area contributed by atoms with Crippen LogP contribution in [0.3, 0.4) is 0 Å². The predicted octanol–water partition coefficient (Wildman–Crippen LogP) is 5.58. The summed E-state index contributed by atoms with van der Waals surface area (Å²) in [6.07, 6.45) is -0.314. The van der Waals surface area contributed by atoms with Crippen LogP contribution in [0.4, 0.5) is 24.7 Å². The number of aryl methyl sites for hydroxylation is 1. The lowest BCUT2D eigenvalue weighted by Gasteiger charge is -2.25. The molecule has 2 amide bonds. The molecular formula is C29H29F3N4O3. The SMILES string of the molecule is CN(C)Cc1cc(NC(=O)C2CCc3ccc(Oc4ccnc5c4CCC(=O)N5)cc3C2)cc(C(F)(F)F)c1. The van der Waals surface area contributed by atoms with Crippen molar-refractivity contribution in [3.63, 3.8) is 0 Å². The molecule has 10 heteroatoms. The van der Waals surface area contributed by atoms with Crippen LogP contribution in [0.1, 0.15) is 40.7 Å². The molecule has 1 atom stereocenters. The van der Waals surface area contributed by atoms with Gasteiger partial charge in [-0.05, 0) is 92.9 Å². The molecule has 1 aliphatic heterocycles. The molecule has 1 aromatic heterocycles. The van der Waals surface area contributed by atoms with Crippen LogP contribution in [0.5, 0.6) is 11.5 Å². The average molecular weight is 539 g/mol. The van der Waals surface area contributed by atoms with Gasteiger partial charge in [-0.15, -0.1) is 0 Å². The fourth-order valence-electron chi connectivity index (χ4n) is 5.13. The number of hydrogen-bond acceptors (Lipinski definition) is 5. The number of pyridine rings is 1. The molecule has 204 valence electrons. The van der Waals surface area contributed by atoms with Crippen molar-refractivity contribution in [1.82, 2.24) is 9.88 Å². The fourth-order valence-corrected chi connectivity index (χ4v) is 5.13. The van der Waals surface area contributed by atoms with Gasteiger partial charge in [-0.2, -0.15) is 13.2 Å². The second-order valence-electron chi connectivity index (χ2n) is 10.3. The number of carbonyl (C=O) groups excluding carboxylic acids is 2. The van der Waals surface area contributed by atoms with Crippen molar-refractivity contribution in [3.8, 4) is 11.5 Å². The van der Waals surface area contributed by atoms with Crippen molar-refractivity contribution in [2.75, 3.05) is 24.7 Å². The molecule has 0 spiro atoms. The summed E-state index contributed by atoms with van der Waals surface area (Å²) in [6.45, 7) is 0.319. The maximum atomic E-state index is 13.5. The maximum absolute atomic E-state index is 13.5. The third-order valence-corrected chi connectivity index (χ3v) is 6.96. The molecular weight excluding hydrogens is 509 g/mol. The highest BCUT2D eigenvalue weighted by Gasteiger charge is 2.32. The molecule has 1 unspecified atom stereocenters. The van der Waals surface area contributed by atoms with Crippen LogP contribution in [0, 0.1) is 5.92 Å². The minimum absolute atomic E-state index is 0.0793. The summed E-state index contributed by atoms with van der Waals surface area (Å²) in [5, 5.41) is 5.49. The lowest BCUT2D eigenvalue weighted by molar-refractivity contribution is -0.137. The van der Waals surface area contributed by atoms with Gasteiger partial charge >= 0.3 is 6.18 Å². The summed E-state index contributed by atoms with van der Waals surface area (Å²) in [5.41, 5.74) is 2.74. The van der Waals surface area contributed by atoms with Gasteiger partial charge in [0.2, 0.25) is 11.8 Å². The number of anilines is 2. The Morgan fingerprint density at radius 1 is 1.10 bits per heavy atom. The Morgan fingerprint density at radius 2 is 1.92 bits per heavy atom. The van der Waals surface area contributed by atoms with Gasteiger partial charge in [0.05, 0.1) is 5.56 Å². The Kier molecular flexibility index (Phi) is 7.31. The van der Waals surface area contributed by atoms with Crippen molar-refractivity contribution in [1.29, 1.82) is 0 Å². The van der Waals surface area contributed by atoms with Crippen LogP contribution < -0.4 is 15.4 Å². The number of ether oxygens (including phenoxy) is 1. The number of fused-ring (bicyclic) bond motifs is 2. The van der Waals surface area contributed by atoms with Crippen LogP contribution in [-0.2, 0) is 41.6 Å². The molecule has 0 bridgehead atoms. The van der Waals surface area contributed by atoms with Gasteiger partial charge in [0.1, 0.15) is 17.3 Å². The molecule has 5 rings (SSSR count). The largest absolute Gasteiger partial charge is 0.457 e. The van der Waals surface area contributed by atoms with Gasteiger partial charge in [0.15, 0.2) is 0 Å². The van der Waals surface area contributed by atoms with Crippen LogP contribution in [0.25, 0.3) is 0 Å². The smallest absolute Gasteiger partial charge is 0.416 e. The molecule has 0 saturated carbocycles. The summed E-state index contributed by atoms with van der Waals surface area (Å²) >= 11 is 0. The number of benzene rings is 2. The monoisotopic (exact) mass is 538 g/mol. The maximum Gasteiger partial charge on any atom is 0.416 e. The highest BCUT2D eigenvalue weighted by molar-refractivity contribution is 5.94. The number of aromatic nitrogens is 1. The molecule has 2 heterocycles. The standard InChI is InChI=1S/C29H29F3N4O3/c1-36(2)16-17-11-21(29(30,31)32)15-22(12-17)34-28(38)19-4-3-18-5-6-23(14-20(18)13-19)39-25-9-10-33-27-24(25)7-8-26(37)35-27/h5-6,9-12,14-15,19H,3-4,7-8,13,16H2,1-2H3,(H,34,38)(H,33,35,37). The van der Waals surface area contributed by atoms with Crippen molar-refractivity contribution in [2.45, 2.75) is 44.8 Å². The van der Waals surface area contributed by atoms with E-state index in [9.17, 15) is 22.8 Å². The van der Waals surface area contributed by atoms with Gasteiger partial charge in [-0.3, -0.25) is 9.59 Å². The minimum atomic E-state index is -4.51. The van der Waals surface area contributed by atoms with E-state index in [0.717, 1.165) is 28.8 Å². The van der Waals surface area contributed by atoms with Gasteiger partial charge in [-0.25, -0.2) is 4.98 Å². The third kappa shape index (κ3) is 6.22. The molecule has 0 saturated heterocycles. The first kappa shape index (κ1) is 26.7. The van der Waals surface area contributed by atoms with Crippen molar-refractivity contribution < 1.29 is 27.5 Å². The zero-order chi connectivity index (χ0) is 27.7. The quantitative estimate of drug-likeness (QED) is 0.428. The van der Waals surface area contributed by atoms with E-state index in [1.165, 1.54) is 0 Å². The molecule has 1 aliphatic carbocycles. The first-order chi connectivity index (χ1) is 18.5. The van der Waals surface area contributed by atoms with Crippen LogP contribution in [0.15, 0.2) is 48.7 Å². The number of rotatable bonds is 6. The van der Waals surface area contributed by atoms with Gasteiger partial charge < -0.3 is 20.3 Å². The fraction of sp³-hybridized carbons (Fsp3) is 0.345. The Balaban J connectivity index is 1.31. The van der Waals surface area contributed by atoms with E-state index in [-0.39, 0.29) is 23.4 Å². The molecule has 0 fully saturated rings. The van der Waals surface area contributed by atoms with Gasteiger partial charge in [0, 0.05) is 36.3 Å². The minimum Gasteiger partial charge on any atom is -0.457 e. The summed E-state index contributed by atoms with van der Waals surface area (Å²) in [5.74, 6) is 0.949.